The van der Waals surface area contributed by atoms with Crippen molar-refractivity contribution in [1.29, 1.82) is 0 Å². The highest BCUT2D eigenvalue weighted by atomic mass is 35.5. The SMILES string of the molecule is O=C(Nc1c[nH]n(-c2ccc(Cl)cc2)c1=O)c1cnccn1. The molecular weight excluding hydrogens is 306 g/mol. The molecule has 0 unspecified atom stereocenters. The van der Waals surface area contributed by atoms with Crippen molar-refractivity contribution in [2.24, 2.45) is 0 Å². The van der Waals surface area contributed by atoms with Gasteiger partial charge in [-0.1, -0.05) is 11.6 Å². The van der Waals surface area contributed by atoms with Crippen LogP contribution in [0.1, 0.15) is 10.5 Å². The summed E-state index contributed by atoms with van der Waals surface area (Å²) in [5.74, 6) is -0.507. The number of aromatic amines is 1. The summed E-state index contributed by atoms with van der Waals surface area (Å²) in [7, 11) is 0. The molecule has 2 N–H and O–H groups in total. The molecule has 3 rings (SSSR count). The van der Waals surface area contributed by atoms with Crippen LogP contribution in [-0.4, -0.2) is 25.7 Å². The third kappa shape index (κ3) is 2.75. The van der Waals surface area contributed by atoms with Crippen LogP contribution in [0.15, 0.2) is 53.8 Å². The van der Waals surface area contributed by atoms with Crippen molar-refractivity contribution in [2.75, 3.05) is 5.32 Å². The normalized spacial score (nSPS) is 10.4. The van der Waals surface area contributed by atoms with E-state index in [0.717, 1.165) is 0 Å². The predicted molar refractivity (Wildman–Crippen MR) is 81.4 cm³/mol. The van der Waals surface area contributed by atoms with E-state index in [-0.39, 0.29) is 16.9 Å². The number of nitrogens with zero attached hydrogens (tertiary/aromatic N) is 3. The molecule has 0 saturated heterocycles. The van der Waals surface area contributed by atoms with Crippen molar-refractivity contribution < 1.29 is 4.79 Å². The summed E-state index contributed by atoms with van der Waals surface area (Å²) in [6.07, 6.45) is 5.59. The van der Waals surface area contributed by atoms with Crippen LogP contribution in [-0.2, 0) is 0 Å². The minimum Gasteiger partial charge on any atom is -0.315 e. The van der Waals surface area contributed by atoms with Crippen LogP contribution in [0.4, 0.5) is 5.69 Å². The molecule has 3 aromatic rings. The highest BCUT2D eigenvalue weighted by Gasteiger charge is 2.13. The van der Waals surface area contributed by atoms with Gasteiger partial charge in [-0.2, -0.15) is 0 Å². The van der Waals surface area contributed by atoms with Gasteiger partial charge >= 0.3 is 0 Å². The fourth-order valence-electron chi connectivity index (χ4n) is 1.84. The molecule has 0 spiro atoms. The lowest BCUT2D eigenvalue weighted by atomic mass is 10.3. The molecule has 0 atom stereocenters. The molecule has 2 heterocycles. The summed E-state index contributed by atoms with van der Waals surface area (Å²) in [6, 6.07) is 6.72. The van der Waals surface area contributed by atoms with E-state index in [0.29, 0.717) is 10.7 Å². The monoisotopic (exact) mass is 315 g/mol. The van der Waals surface area contributed by atoms with Crippen LogP contribution in [0, 0.1) is 0 Å². The van der Waals surface area contributed by atoms with E-state index in [1.54, 1.807) is 24.3 Å². The Kier molecular flexibility index (Phi) is 3.71. The second-order valence-corrected chi connectivity index (χ2v) is 4.79. The summed E-state index contributed by atoms with van der Waals surface area (Å²) in [5, 5.41) is 5.84. The molecule has 1 aromatic carbocycles. The summed E-state index contributed by atoms with van der Waals surface area (Å²) in [4.78, 5) is 31.9. The number of carbonyl (C=O) groups excluding carboxylic acids is 1. The maximum absolute atomic E-state index is 12.3. The molecule has 1 amide bonds. The minimum atomic E-state index is -0.507. The average Bonchev–Trinajstić information content (AvgIpc) is 2.90. The summed E-state index contributed by atoms with van der Waals surface area (Å²) >= 11 is 5.81. The third-order valence-corrected chi connectivity index (χ3v) is 3.15. The van der Waals surface area contributed by atoms with Crippen LogP contribution in [0.5, 0.6) is 0 Å². The summed E-state index contributed by atoms with van der Waals surface area (Å²) in [6.45, 7) is 0. The van der Waals surface area contributed by atoms with Crippen molar-refractivity contribution >= 4 is 23.2 Å². The number of halogens is 1. The fraction of sp³-hybridized carbons (Fsp3) is 0. The Morgan fingerprint density at radius 1 is 1.23 bits per heavy atom. The van der Waals surface area contributed by atoms with Gasteiger partial charge in [0.15, 0.2) is 0 Å². The molecule has 0 radical (unpaired) electrons. The standard InChI is InChI=1S/C14H10ClN5O2/c15-9-1-3-10(4-2-9)20-14(22)12(8-18-20)19-13(21)11-7-16-5-6-17-11/h1-8,18H,(H,19,21). The molecule has 22 heavy (non-hydrogen) atoms. The van der Waals surface area contributed by atoms with Crippen LogP contribution >= 0.6 is 11.6 Å². The number of hydrogen-bond acceptors (Lipinski definition) is 4. The van der Waals surface area contributed by atoms with E-state index >= 15 is 0 Å². The molecule has 8 heteroatoms. The first-order valence-corrected chi connectivity index (χ1v) is 6.66. The van der Waals surface area contributed by atoms with Gasteiger partial charge in [0.05, 0.1) is 11.9 Å². The highest BCUT2D eigenvalue weighted by Crippen LogP contribution is 2.12. The lowest BCUT2D eigenvalue weighted by Gasteiger charge is -2.01. The number of carbonyl (C=O) groups is 1. The number of nitrogens with one attached hydrogen (secondary N) is 2. The van der Waals surface area contributed by atoms with Gasteiger partial charge in [-0.25, -0.2) is 9.67 Å². The van der Waals surface area contributed by atoms with E-state index in [9.17, 15) is 9.59 Å². The van der Waals surface area contributed by atoms with Crippen molar-refractivity contribution in [2.45, 2.75) is 0 Å². The van der Waals surface area contributed by atoms with E-state index in [1.165, 1.54) is 29.5 Å². The second kappa shape index (κ2) is 5.82. The van der Waals surface area contributed by atoms with E-state index in [1.807, 2.05) is 0 Å². The van der Waals surface area contributed by atoms with Crippen molar-refractivity contribution in [3.63, 3.8) is 0 Å². The van der Waals surface area contributed by atoms with Crippen LogP contribution < -0.4 is 10.9 Å². The maximum Gasteiger partial charge on any atom is 0.294 e. The lowest BCUT2D eigenvalue weighted by molar-refractivity contribution is 0.102. The second-order valence-electron chi connectivity index (χ2n) is 4.35. The predicted octanol–water partition coefficient (Wildman–Crippen LogP) is 1.86. The molecule has 0 aliphatic rings. The zero-order valence-electron chi connectivity index (χ0n) is 11.2. The van der Waals surface area contributed by atoms with Crippen molar-refractivity contribution in [3.05, 3.63) is 70.1 Å². The highest BCUT2D eigenvalue weighted by molar-refractivity contribution is 6.30. The first-order chi connectivity index (χ1) is 10.6. The quantitative estimate of drug-likeness (QED) is 0.771. The maximum atomic E-state index is 12.3. The van der Waals surface area contributed by atoms with Gasteiger partial charge in [0.25, 0.3) is 11.5 Å². The largest absolute Gasteiger partial charge is 0.315 e. The van der Waals surface area contributed by atoms with Crippen molar-refractivity contribution in [3.8, 4) is 5.69 Å². The van der Waals surface area contributed by atoms with Gasteiger partial charge in [-0.3, -0.25) is 19.7 Å². The zero-order valence-corrected chi connectivity index (χ0v) is 11.9. The molecule has 0 aliphatic heterocycles. The molecule has 2 aromatic heterocycles. The smallest absolute Gasteiger partial charge is 0.294 e. The van der Waals surface area contributed by atoms with E-state index in [2.05, 4.69) is 20.4 Å². The van der Waals surface area contributed by atoms with E-state index < -0.39 is 5.91 Å². The van der Waals surface area contributed by atoms with Gasteiger partial charge < -0.3 is 5.32 Å². The molecule has 0 aliphatic carbocycles. The third-order valence-electron chi connectivity index (χ3n) is 2.90. The summed E-state index contributed by atoms with van der Waals surface area (Å²) < 4.78 is 1.29. The number of rotatable bonds is 3. The van der Waals surface area contributed by atoms with Gasteiger partial charge in [0, 0.05) is 23.6 Å². The van der Waals surface area contributed by atoms with Gasteiger partial charge in [-0.15, -0.1) is 0 Å². The fourth-order valence-corrected chi connectivity index (χ4v) is 1.97. The first kappa shape index (κ1) is 14.0. The Balaban J connectivity index is 1.86. The Bertz CT molecular complexity index is 855. The van der Waals surface area contributed by atoms with Gasteiger partial charge in [-0.05, 0) is 24.3 Å². The summed E-state index contributed by atoms with van der Waals surface area (Å²) in [5.41, 5.74) is 0.459. The van der Waals surface area contributed by atoms with Crippen molar-refractivity contribution in [1.82, 2.24) is 19.7 Å². The molecule has 0 bridgehead atoms. The number of H-pyrrole nitrogens is 1. The Hall–Kier alpha value is -2.93. The Morgan fingerprint density at radius 3 is 2.68 bits per heavy atom. The van der Waals surface area contributed by atoms with Crippen LogP contribution in [0.2, 0.25) is 5.02 Å². The zero-order chi connectivity index (χ0) is 15.5. The number of amides is 1. The molecule has 110 valence electrons. The molecule has 0 fully saturated rings. The first-order valence-electron chi connectivity index (χ1n) is 6.29. The molecule has 0 saturated carbocycles. The average molecular weight is 316 g/mol. The number of anilines is 1. The number of benzene rings is 1. The minimum absolute atomic E-state index is 0.116. The Labute approximate surface area is 129 Å². The van der Waals surface area contributed by atoms with Gasteiger partial charge in [0.1, 0.15) is 11.4 Å². The van der Waals surface area contributed by atoms with Crippen LogP contribution in [0.25, 0.3) is 5.69 Å². The lowest BCUT2D eigenvalue weighted by Crippen LogP contribution is -2.21. The van der Waals surface area contributed by atoms with E-state index in [4.69, 9.17) is 11.6 Å². The number of aromatic nitrogens is 4. The molecule has 7 nitrogen and oxygen atoms in total. The van der Waals surface area contributed by atoms with Gasteiger partial charge in [0.2, 0.25) is 0 Å². The van der Waals surface area contributed by atoms with Crippen LogP contribution in [0.3, 0.4) is 0 Å². The molecular formula is C14H10ClN5O2. The number of hydrogen-bond donors (Lipinski definition) is 2. The Morgan fingerprint density at radius 2 is 2.00 bits per heavy atom. The topological polar surface area (TPSA) is 92.7 Å².